The van der Waals surface area contributed by atoms with E-state index in [1.165, 1.54) is 0 Å². The molecule has 0 saturated heterocycles. The Morgan fingerprint density at radius 1 is 1.78 bits per heavy atom. The first kappa shape index (κ1) is 6.77. The van der Waals surface area contributed by atoms with Crippen LogP contribution in [-0.4, -0.2) is 16.3 Å². The monoisotopic (exact) mass is 189 g/mol. The fourth-order valence-corrected chi connectivity index (χ4v) is 0.921. The summed E-state index contributed by atoms with van der Waals surface area (Å²) in [7, 11) is 0. The summed E-state index contributed by atoms with van der Waals surface area (Å²) in [5, 5.41) is 4.00. The Labute approximate surface area is 62.0 Å². The highest BCUT2D eigenvalue weighted by Crippen LogP contribution is 2.05. The minimum absolute atomic E-state index is 0.633. The lowest BCUT2D eigenvalue weighted by molar-refractivity contribution is 0.625. The quantitative estimate of drug-likeness (QED) is 0.742. The summed E-state index contributed by atoms with van der Waals surface area (Å²) in [6.07, 6.45) is 3.64. The molecule has 0 bridgehead atoms. The second-order valence-corrected chi connectivity index (χ2v) is 2.63. The molecule has 0 aromatic carbocycles. The molecule has 1 rings (SSSR count). The van der Waals surface area contributed by atoms with Gasteiger partial charge in [-0.25, -0.2) is 0 Å². The highest BCUT2D eigenvalue weighted by molar-refractivity contribution is 9.10. The Kier molecular flexibility index (Phi) is 2.24. The van der Waals surface area contributed by atoms with Crippen molar-refractivity contribution in [1.82, 2.24) is 9.78 Å². The van der Waals surface area contributed by atoms with Crippen molar-refractivity contribution >= 4 is 15.9 Å². The van der Waals surface area contributed by atoms with Gasteiger partial charge in [0.1, 0.15) is 0 Å². The Bertz CT molecular complexity index is 184. The van der Waals surface area contributed by atoms with Crippen molar-refractivity contribution in [3.8, 4) is 0 Å². The van der Waals surface area contributed by atoms with Crippen molar-refractivity contribution in [2.75, 3.05) is 6.54 Å². The smallest absolute Gasteiger partial charge is 0.0632 e. The van der Waals surface area contributed by atoms with E-state index in [4.69, 9.17) is 5.73 Å². The summed E-state index contributed by atoms with van der Waals surface area (Å²) in [5.41, 5.74) is 5.29. The number of hydrogen-bond acceptors (Lipinski definition) is 2. The average molecular weight is 190 g/mol. The van der Waals surface area contributed by atoms with Crippen LogP contribution in [0.2, 0.25) is 0 Å². The molecule has 0 spiro atoms. The van der Waals surface area contributed by atoms with Gasteiger partial charge in [-0.15, -0.1) is 0 Å². The van der Waals surface area contributed by atoms with Crippen LogP contribution in [0.15, 0.2) is 16.9 Å². The summed E-state index contributed by atoms with van der Waals surface area (Å²) in [5.74, 6) is 0. The lowest BCUT2D eigenvalue weighted by Crippen LogP contribution is -2.09. The molecule has 0 atom stereocenters. The van der Waals surface area contributed by atoms with E-state index in [2.05, 4.69) is 21.0 Å². The van der Waals surface area contributed by atoms with Crippen molar-refractivity contribution in [3.63, 3.8) is 0 Å². The first-order chi connectivity index (χ1) is 4.33. The number of aromatic nitrogens is 2. The van der Waals surface area contributed by atoms with Crippen LogP contribution in [0, 0.1) is 0 Å². The van der Waals surface area contributed by atoms with Crippen LogP contribution in [0.4, 0.5) is 0 Å². The highest BCUT2D eigenvalue weighted by atomic mass is 79.9. The molecule has 0 unspecified atom stereocenters. The normalized spacial score (nSPS) is 10.0. The van der Waals surface area contributed by atoms with Crippen LogP contribution >= 0.6 is 15.9 Å². The zero-order chi connectivity index (χ0) is 6.69. The number of nitrogens with two attached hydrogens (primary N) is 1. The first-order valence-corrected chi connectivity index (χ1v) is 3.50. The van der Waals surface area contributed by atoms with E-state index in [0.717, 1.165) is 11.0 Å². The van der Waals surface area contributed by atoms with Gasteiger partial charge in [0.15, 0.2) is 0 Å². The van der Waals surface area contributed by atoms with Crippen molar-refractivity contribution < 1.29 is 0 Å². The van der Waals surface area contributed by atoms with E-state index >= 15 is 0 Å². The van der Waals surface area contributed by atoms with E-state index in [-0.39, 0.29) is 0 Å². The van der Waals surface area contributed by atoms with Gasteiger partial charge in [-0.2, -0.15) is 5.10 Å². The number of hydrogen-bond donors (Lipinski definition) is 1. The molecule has 0 radical (unpaired) electrons. The molecular weight excluding hydrogens is 182 g/mol. The summed E-state index contributed by atoms with van der Waals surface area (Å²) in [4.78, 5) is 0. The SMILES string of the molecule is NCCn1cc(Br)cn1. The lowest BCUT2D eigenvalue weighted by atomic mass is 10.6. The number of halogens is 1. The predicted molar refractivity (Wildman–Crippen MR) is 39.0 cm³/mol. The highest BCUT2D eigenvalue weighted by Gasteiger charge is 1.90. The van der Waals surface area contributed by atoms with E-state index in [1.54, 1.807) is 10.9 Å². The molecule has 9 heavy (non-hydrogen) atoms. The van der Waals surface area contributed by atoms with Crippen molar-refractivity contribution in [1.29, 1.82) is 0 Å². The topological polar surface area (TPSA) is 43.8 Å². The van der Waals surface area contributed by atoms with Crippen molar-refractivity contribution in [2.45, 2.75) is 6.54 Å². The zero-order valence-corrected chi connectivity index (χ0v) is 6.50. The zero-order valence-electron chi connectivity index (χ0n) is 4.92. The van der Waals surface area contributed by atoms with Crippen LogP contribution < -0.4 is 5.73 Å². The number of rotatable bonds is 2. The maximum absolute atomic E-state index is 5.29. The molecular formula is C5H8BrN3. The number of nitrogens with zero attached hydrogens (tertiary/aromatic N) is 2. The van der Waals surface area contributed by atoms with Crippen LogP contribution in [-0.2, 0) is 6.54 Å². The summed E-state index contributed by atoms with van der Waals surface area (Å²) in [6, 6.07) is 0. The molecule has 0 aliphatic rings. The largest absolute Gasteiger partial charge is 0.329 e. The summed E-state index contributed by atoms with van der Waals surface area (Å²) in [6.45, 7) is 1.42. The maximum atomic E-state index is 5.29. The predicted octanol–water partition coefficient (Wildman–Crippen LogP) is 0.604. The van der Waals surface area contributed by atoms with Crippen LogP contribution in [0.3, 0.4) is 0 Å². The molecule has 2 N–H and O–H groups in total. The van der Waals surface area contributed by atoms with Gasteiger partial charge in [-0.05, 0) is 15.9 Å². The molecule has 1 aromatic rings. The molecule has 4 heteroatoms. The molecule has 0 amide bonds. The van der Waals surface area contributed by atoms with Gasteiger partial charge in [0.05, 0.1) is 17.2 Å². The van der Waals surface area contributed by atoms with Gasteiger partial charge in [-0.1, -0.05) is 0 Å². The molecule has 0 fully saturated rings. The van der Waals surface area contributed by atoms with E-state index in [1.807, 2.05) is 6.20 Å². The Balaban J connectivity index is 2.61. The summed E-state index contributed by atoms with van der Waals surface area (Å²) >= 11 is 3.28. The Morgan fingerprint density at radius 2 is 2.56 bits per heavy atom. The first-order valence-electron chi connectivity index (χ1n) is 2.71. The van der Waals surface area contributed by atoms with Crippen LogP contribution in [0.1, 0.15) is 0 Å². The van der Waals surface area contributed by atoms with Crippen LogP contribution in [0.25, 0.3) is 0 Å². The third kappa shape index (κ3) is 1.80. The molecule has 0 aliphatic heterocycles. The summed E-state index contributed by atoms with van der Waals surface area (Å²) < 4.78 is 2.79. The van der Waals surface area contributed by atoms with Gasteiger partial charge in [0.25, 0.3) is 0 Å². The second kappa shape index (κ2) is 2.98. The molecule has 3 nitrogen and oxygen atoms in total. The minimum atomic E-state index is 0.633. The van der Waals surface area contributed by atoms with Crippen LogP contribution in [0.5, 0.6) is 0 Å². The van der Waals surface area contributed by atoms with Crippen molar-refractivity contribution in [3.05, 3.63) is 16.9 Å². The minimum Gasteiger partial charge on any atom is -0.329 e. The van der Waals surface area contributed by atoms with Gasteiger partial charge >= 0.3 is 0 Å². The fourth-order valence-electron chi connectivity index (χ4n) is 0.593. The molecule has 0 saturated carbocycles. The molecule has 1 aromatic heterocycles. The van der Waals surface area contributed by atoms with Gasteiger partial charge in [0, 0.05) is 12.7 Å². The molecule has 1 heterocycles. The van der Waals surface area contributed by atoms with Gasteiger partial charge in [-0.3, -0.25) is 4.68 Å². The Hall–Kier alpha value is -0.350. The molecule has 0 aliphatic carbocycles. The second-order valence-electron chi connectivity index (χ2n) is 1.71. The van der Waals surface area contributed by atoms with E-state index in [0.29, 0.717) is 6.54 Å². The van der Waals surface area contributed by atoms with E-state index in [9.17, 15) is 0 Å². The maximum Gasteiger partial charge on any atom is 0.0632 e. The van der Waals surface area contributed by atoms with Crippen molar-refractivity contribution in [2.24, 2.45) is 5.73 Å². The fraction of sp³-hybridized carbons (Fsp3) is 0.400. The Morgan fingerprint density at radius 3 is 3.00 bits per heavy atom. The van der Waals surface area contributed by atoms with E-state index < -0.39 is 0 Å². The average Bonchev–Trinajstić information content (AvgIpc) is 2.17. The van der Waals surface area contributed by atoms with Gasteiger partial charge < -0.3 is 5.73 Å². The standard InChI is InChI=1S/C5H8BrN3/c6-5-3-8-9(4-5)2-1-7/h3-4H,1-2,7H2. The van der Waals surface area contributed by atoms with Gasteiger partial charge in [0.2, 0.25) is 0 Å². The molecule has 50 valence electrons. The third-order valence-corrected chi connectivity index (χ3v) is 1.37. The third-order valence-electron chi connectivity index (χ3n) is 0.960. The lowest BCUT2D eigenvalue weighted by Gasteiger charge is -1.93.